The second-order valence-electron chi connectivity index (χ2n) is 13.7. The Labute approximate surface area is 323 Å². The Kier molecular flexibility index (Phi) is 17.8. The molecule has 2 unspecified atom stereocenters. The first-order valence-electron chi connectivity index (χ1n) is 19.7. The van der Waals surface area contributed by atoms with Gasteiger partial charge in [0.05, 0.1) is 24.3 Å². The average molecular weight is 763 g/mol. The van der Waals surface area contributed by atoms with Gasteiger partial charge in [-0.3, -0.25) is 0 Å². The highest BCUT2D eigenvalue weighted by Crippen LogP contribution is 2.27. The first-order valence-corrected chi connectivity index (χ1v) is 19.7. The lowest BCUT2D eigenvalue weighted by Crippen LogP contribution is -2.22. The number of carboxylic acid groups (broad SMARTS) is 1. The summed E-state index contributed by atoms with van der Waals surface area (Å²) >= 11 is 0. The minimum atomic E-state index is -1.35. The predicted octanol–water partition coefficient (Wildman–Crippen LogP) is 8.79. The lowest BCUT2D eigenvalue weighted by Gasteiger charge is -2.22. The van der Waals surface area contributed by atoms with Crippen LogP contribution in [-0.4, -0.2) is 75.2 Å². The fourth-order valence-corrected chi connectivity index (χ4v) is 6.14. The van der Waals surface area contributed by atoms with Crippen LogP contribution in [0.1, 0.15) is 121 Å². The number of aromatic carboxylic acids is 1. The van der Waals surface area contributed by atoms with Gasteiger partial charge in [0.1, 0.15) is 28.6 Å². The molecular formula is C43H54O12. The van der Waals surface area contributed by atoms with E-state index in [-0.39, 0.29) is 40.8 Å². The van der Waals surface area contributed by atoms with Crippen LogP contribution < -0.4 is 18.9 Å². The number of esters is 2. The summed E-state index contributed by atoms with van der Waals surface area (Å²) in [5.41, 5.74) is 0.154. The van der Waals surface area contributed by atoms with Gasteiger partial charge in [-0.25, -0.2) is 14.4 Å². The zero-order chi connectivity index (χ0) is 38.5. The van der Waals surface area contributed by atoms with E-state index in [2.05, 4.69) is 0 Å². The molecule has 55 heavy (non-hydrogen) atoms. The summed E-state index contributed by atoms with van der Waals surface area (Å²) in [5, 5.41) is 9.82. The molecule has 0 amide bonds. The van der Waals surface area contributed by atoms with Gasteiger partial charge < -0.3 is 43.0 Å². The SMILES string of the molecule is O=C(Oc1ccc(OC(=O)c2ccc(OCCCCCCOC3CCCCO3)cc2)c(C(=O)O)c1)c1ccc(OCCCCCCOC2CCCCO2)cc1. The molecule has 3 aromatic rings. The lowest BCUT2D eigenvalue weighted by molar-refractivity contribution is -0.163. The van der Waals surface area contributed by atoms with Gasteiger partial charge in [-0.15, -0.1) is 0 Å². The molecule has 2 atom stereocenters. The molecule has 0 aliphatic carbocycles. The Morgan fingerprint density at radius 1 is 0.545 bits per heavy atom. The molecule has 2 aliphatic rings. The number of carbonyl (C=O) groups is 3. The van der Waals surface area contributed by atoms with Crippen molar-refractivity contribution in [2.45, 2.75) is 102 Å². The zero-order valence-electron chi connectivity index (χ0n) is 31.6. The first kappa shape index (κ1) is 41.7. The smallest absolute Gasteiger partial charge is 0.343 e. The highest BCUT2D eigenvalue weighted by atomic mass is 16.7. The molecule has 2 saturated heterocycles. The number of benzene rings is 3. The summed E-state index contributed by atoms with van der Waals surface area (Å²) in [7, 11) is 0. The van der Waals surface area contributed by atoms with Crippen molar-refractivity contribution in [1.82, 2.24) is 0 Å². The topological polar surface area (TPSA) is 145 Å². The largest absolute Gasteiger partial charge is 0.494 e. The molecule has 2 fully saturated rings. The number of ether oxygens (including phenoxy) is 8. The van der Waals surface area contributed by atoms with Crippen LogP contribution in [0.15, 0.2) is 66.7 Å². The molecule has 2 heterocycles. The van der Waals surface area contributed by atoms with E-state index in [0.29, 0.717) is 37.9 Å². The van der Waals surface area contributed by atoms with Crippen molar-refractivity contribution >= 4 is 17.9 Å². The third kappa shape index (κ3) is 14.9. The number of carbonyl (C=O) groups excluding carboxylic acids is 2. The van der Waals surface area contributed by atoms with Crippen molar-refractivity contribution in [3.05, 3.63) is 83.4 Å². The van der Waals surface area contributed by atoms with Crippen LogP contribution in [-0.2, 0) is 18.9 Å². The summed E-state index contributed by atoms with van der Waals surface area (Å²) in [6.07, 6.45) is 14.3. The Bertz CT molecular complexity index is 1590. The molecular weight excluding hydrogens is 708 g/mol. The van der Waals surface area contributed by atoms with Crippen molar-refractivity contribution in [3.63, 3.8) is 0 Å². The van der Waals surface area contributed by atoms with Crippen molar-refractivity contribution in [2.24, 2.45) is 0 Å². The Morgan fingerprint density at radius 3 is 1.45 bits per heavy atom. The van der Waals surface area contributed by atoms with E-state index in [1.165, 1.54) is 12.1 Å². The molecule has 1 N–H and O–H groups in total. The predicted molar refractivity (Wildman–Crippen MR) is 203 cm³/mol. The van der Waals surface area contributed by atoms with E-state index in [1.54, 1.807) is 48.5 Å². The standard InChI is InChI=1S/C43H54O12/c44-41(45)37-31-36(54-42(46)32-15-19-34(20-16-32)48-25-7-1-3-9-27-50-39-13-5-11-29-52-39)23-24-38(37)55-43(47)33-17-21-35(22-18-33)49-26-8-2-4-10-28-51-40-14-6-12-30-53-40/h15-24,31,39-40H,1-14,25-30H2,(H,44,45). The van der Waals surface area contributed by atoms with Gasteiger partial charge in [-0.05, 0) is 144 Å². The van der Waals surface area contributed by atoms with Gasteiger partial charge in [0.2, 0.25) is 0 Å². The summed E-state index contributed by atoms with van der Waals surface area (Å²) in [5.74, 6) is -1.71. The van der Waals surface area contributed by atoms with Crippen LogP contribution in [0.3, 0.4) is 0 Å². The summed E-state index contributed by atoms with van der Waals surface area (Å²) in [6.45, 7) is 4.09. The van der Waals surface area contributed by atoms with Gasteiger partial charge in [-0.2, -0.15) is 0 Å². The summed E-state index contributed by atoms with van der Waals surface area (Å²) in [4.78, 5) is 37.7. The molecule has 2 aliphatic heterocycles. The fourth-order valence-electron chi connectivity index (χ4n) is 6.14. The highest BCUT2D eigenvalue weighted by Gasteiger charge is 2.19. The number of carboxylic acids is 1. The minimum absolute atomic E-state index is 0.0110. The van der Waals surface area contributed by atoms with Crippen LogP contribution in [0.2, 0.25) is 0 Å². The van der Waals surface area contributed by atoms with Gasteiger partial charge in [0, 0.05) is 26.4 Å². The third-order valence-electron chi connectivity index (χ3n) is 9.27. The molecule has 0 saturated carbocycles. The van der Waals surface area contributed by atoms with Gasteiger partial charge >= 0.3 is 17.9 Å². The molecule has 0 bridgehead atoms. The van der Waals surface area contributed by atoms with Crippen molar-refractivity contribution in [2.75, 3.05) is 39.6 Å². The maximum Gasteiger partial charge on any atom is 0.343 e. The molecule has 0 aromatic heterocycles. The van der Waals surface area contributed by atoms with Crippen LogP contribution in [0.5, 0.6) is 23.0 Å². The number of unbranched alkanes of at least 4 members (excludes halogenated alkanes) is 6. The monoisotopic (exact) mass is 762 g/mol. The Morgan fingerprint density at radius 2 is 1.00 bits per heavy atom. The van der Waals surface area contributed by atoms with Gasteiger partial charge in [-0.1, -0.05) is 12.8 Å². The molecule has 0 radical (unpaired) electrons. The summed E-state index contributed by atoms with van der Waals surface area (Å²) in [6, 6.07) is 16.8. The van der Waals surface area contributed by atoms with E-state index in [1.807, 2.05) is 0 Å². The van der Waals surface area contributed by atoms with Crippen molar-refractivity contribution < 1.29 is 57.4 Å². The van der Waals surface area contributed by atoms with Crippen LogP contribution >= 0.6 is 0 Å². The maximum absolute atomic E-state index is 12.9. The molecule has 5 rings (SSSR count). The lowest BCUT2D eigenvalue weighted by atomic mass is 10.1. The molecule has 12 nitrogen and oxygen atoms in total. The van der Waals surface area contributed by atoms with Crippen LogP contribution in [0, 0.1) is 0 Å². The number of rotatable bonds is 23. The van der Waals surface area contributed by atoms with Gasteiger partial charge in [0.25, 0.3) is 0 Å². The maximum atomic E-state index is 12.9. The van der Waals surface area contributed by atoms with Crippen molar-refractivity contribution in [3.8, 4) is 23.0 Å². The van der Waals surface area contributed by atoms with E-state index < -0.39 is 17.9 Å². The molecule has 0 spiro atoms. The Balaban J connectivity index is 0.977. The van der Waals surface area contributed by atoms with E-state index in [4.69, 9.17) is 37.9 Å². The molecule has 298 valence electrons. The molecule has 12 heteroatoms. The van der Waals surface area contributed by atoms with E-state index >= 15 is 0 Å². The first-order chi connectivity index (χ1) is 26.9. The minimum Gasteiger partial charge on any atom is -0.494 e. The zero-order valence-corrected chi connectivity index (χ0v) is 31.6. The molecule has 3 aromatic carbocycles. The summed E-state index contributed by atoms with van der Waals surface area (Å²) < 4.78 is 45.2. The second kappa shape index (κ2) is 23.4. The highest BCUT2D eigenvalue weighted by molar-refractivity contribution is 5.96. The van der Waals surface area contributed by atoms with Crippen molar-refractivity contribution in [1.29, 1.82) is 0 Å². The van der Waals surface area contributed by atoms with E-state index in [0.717, 1.165) is 109 Å². The number of hydrogen-bond donors (Lipinski definition) is 1. The average Bonchev–Trinajstić information content (AvgIpc) is 3.21. The Hall–Kier alpha value is -4.49. The third-order valence-corrected chi connectivity index (χ3v) is 9.27. The number of hydrogen-bond acceptors (Lipinski definition) is 11. The van der Waals surface area contributed by atoms with Gasteiger partial charge in [0.15, 0.2) is 12.6 Å². The van der Waals surface area contributed by atoms with E-state index in [9.17, 15) is 19.5 Å². The second-order valence-corrected chi connectivity index (χ2v) is 13.7. The van der Waals surface area contributed by atoms with Crippen LogP contribution in [0.4, 0.5) is 0 Å². The van der Waals surface area contributed by atoms with Crippen LogP contribution in [0.25, 0.3) is 0 Å². The normalized spacial score (nSPS) is 16.9. The quantitative estimate of drug-likeness (QED) is 0.0560. The fraction of sp³-hybridized carbons (Fsp3) is 0.512.